The van der Waals surface area contributed by atoms with Gasteiger partial charge in [0.25, 0.3) is 0 Å². The van der Waals surface area contributed by atoms with Crippen molar-refractivity contribution in [2.24, 2.45) is 0 Å². The molecule has 1 heterocycles. The van der Waals surface area contributed by atoms with E-state index < -0.39 is 0 Å². The molecule has 0 bridgehead atoms. The van der Waals surface area contributed by atoms with E-state index in [0.29, 0.717) is 21.9 Å². The van der Waals surface area contributed by atoms with Crippen molar-refractivity contribution in [3.05, 3.63) is 60.3 Å². The van der Waals surface area contributed by atoms with Crippen LogP contribution in [-0.2, 0) is 0 Å². The van der Waals surface area contributed by atoms with Gasteiger partial charge in [-0.3, -0.25) is 10.2 Å². The number of carbonyl (C=O) groups is 1. The Morgan fingerprint density at radius 3 is 2.64 bits per heavy atom. The van der Waals surface area contributed by atoms with E-state index in [-0.39, 0.29) is 6.03 Å². The lowest BCUT2D eigenvalue weighted by atomic mass is 10.1. The minimum absolute atomic E-state index is 0.238. The fraction of sp³-hybridized carbons (Fsp3) is 0.238. The summed E-state index contributed by atoms with van der Waals surface area (Å²) >= 11 is 1.27. The number of thiazole rings is 1. The van der Waals surface area contributed by atoms with E-state index in [1.807, 2.05) is 36.4 Å². The largest absolute Gasteiger partial charge is 0.497 e. The molecule has 2 amide bonds. The third-order valence-electron chi connectivity index (χ3n) is 4.59. The standard InChI is InChI=1S/C21H21N3O3S/c1-24(16-5-3-4-15(12-16)14-6-7-14)21(25)23-20-22-13-19(28-20)27-18-10-8-17(26-2)9-11-18/h3-5,8-14H,6-7H2,1-2H3,(H,22,23,25). The molecule has 1 saturated carbocycles. The second kappa shape index (κ2) is 7.90. The van der Waals surface area contributed by atoms with Gasteiger partial charge in [-0.25, -0.2) is 9.78 Å². The molecule has 0 saturated heterocycles. The molecule has 0 spiro atoms. The lowest BCUT2D eigenvalue weighted by Crippen LogP contribution is -2.31. The Kier molecular flexibility index (Phi) is 5.16. The Morgan fingerprint density at radius 2 is 1.93 bits per heavy atom. The molecule has 2 aromatic carbocycles. The second-order valence-electron chi connectivity index (χ2n) is 6.62. The zero-order valence-corrected chi connectivity index (χ0v) is 16.5. The molecule has 0 unspecified atom stereocenters. The molecule has 1 aliphatic rings. The number of nitrogens with zero attached hydrogens (tertiary/aromatic N) is 2. The number of urea groups is 1. The van der Waals surface area contributed by atoms with Gasteiger partial charge in [-0.2, -0.15) is 0 Å². The maximum atomic E-state index is 12.6. The number of amides is 2. The van der Waals surface area contributed by atoms with Gasteiger partial charge in [0, 0.05) is 12.7 Å². The highest BCUT2D eigenvalue weighted by atomic mass is 32.1. The molecule has 1 aromatic heterocycles. The first-order chi connectivity index (χ1) is 13.6. The normalized spacial score (nSPS) is 13.1. The summed E-state index contributed by atoms with van der Waals surface area (Å²) in [5, 5.41) is 3.90. The zero-order valence-electron chi connectivity index (χ0n) is 15.7. The molecule has 3 aromatic rings. The summed E-state index contributed by atoms with van der Waals surface area (Å²) in [6.45, 7) is 0. The van der Waals surface area contributed by atoms with E-state index in [1.54, 1.807) is 25.3 Å². The Labute approximate surface area is 167 Å². The smallest absolute Gasteiger partial charge is 0.327 e. The van der Waals surface area contributed by atoms with Crippen LogP contribution in [0.2, 0.25) is 0 Å². The molecule has 6 nitrogen and oxygen atoms in total. The van der Waals surface area contributed by atoms with Crippen LogP contribution in [0.4, 0.5) is 15.6 Å². The Balaban J connectivity index is 1.38. The highest BCUT2D eigenvalue weighted by Gasteiger charge is 2.24. The van der Waals surface area contributed by atoms with Gasteiger partial charge in [-0.05, 0) is 60.7 Å². The Hall–Kier alpha value is -3.06. The number of anilines is 2. The molecule has 4 rings (SSSR count). The first-order valence-corrected chi connectivity index (χ1v) is 9.86. The first-order valence-electron chi connectivity index (χ1n) is 9.05. The van der Waals surface area contributed by atoms with E-state index in [0.717, 1.165) is 11.4 Å². The lowest BCUT2D eigenvalue weighted by molar-refractivity contribution is 0.258. The van der Waals surface area contributed by atoms with Gasteiger partial charge in [-0.15, -0.1) is 0 Å². The quantitative estimate of drug-likeness (QED) is 0.599. The fourth-order valence-corrected chi connectivity index (χ4v) is 3.50. The highest BCUT2D eigenvalue weighted by Crippen LogP contribution is 2.41. The van der Waals surface area contributed by atoms with E-state index in [1.165, 1.54) is 29.7 Å². The topological polar surface area (TPSA) is 63.7 Å². The van der Waals surface area contributed by atoms with Crippen LogP contribution < -0.4 is 19.7 Å². The first kappa shape index (κ1) is 18.3. The minimum atomic E-state index is -0.238. The molecule has 1 fully saturated rings. The van der Waals surface area contributed by atoms with Crippen molar-refractivity contribution < 1.29 is 14.3 Å². The highest BCUT2D eigenvalue weighted by molar-refractivity contribution is 7.17. The number of carbonyl (C=O) groups excluding carboxylic acids is 1. The summed E-state index contributed by atoms with van der Waals surface area (Å²) in [5.41, 5.74) is 2.16. The van der Waals surface area contributed by atoms with Crippen molar-refractivity contribution in [1.29, 1.82) is 0 Å². The van der Waals surface area contributed by atoms with E-state index in [2.05, 4.69) is 22.4 Å². The number of hydrogen-bond acceptors (Lipinski definition) is 5. The van der Waals surface area contributed by atoms with Crippen molar-refractivity contribution >= 4 is 28.2 Å². The van der Waals surface area contributed by atoms with Crippen molar-refractivity contribution in [3.8, 4) is 16.6 Å². The summed E-state index contributed by atoms with van der Waals surface area (Å²) in [5.74, 6) is 2.09. The number of benzene rings is 2. The van der Waals surface area contributed by atoms with Gasteiger partial charge in [0.05, 0.1) is 13.3 Å². The number of rotatable bonds is 6. The number of methoxy groups -OCH3 is 1. The second-order valence-corrected chi connectivity index (χ2v) is 7.61. The summed E-state index contributed by atoms with van der Waals surface area (Å²) in [6, 6.07) is 15.2. The van der Waals surface area contributed by atoms with Gasteiger partial charge >= 0.3 is 6.03 Å². The predicted molar refractivity (Wildman–Crippen MR) is 111 cm³/mol. The number of ether oxygens (including phenoxy) is 2. The van der Waals surface area contributed by atoms with Crippen LogP contribution in [0, 0.1) is 0 Å². The molecule has 1 aliphatic carbocycles. The van der Waals surface area contributed by atoms with Crippen LogP contribution in [0.5, 0.6) is 16.6 Å². The van der Waals surface area contributed by atoms with Gasteiger partial charge in [0.1, 0.15) is 11.5 Å². The summed E-state index contributed by atoms with van der Waals surface area (Å²) in [6.07, 6.45) is 4.06. The van der Waals surface area contributed by atoms with E-state index >= 15 is 0 Å². The summed E-state index contributed by atoms with van der Waals surface area (Å²) < 4.78 is 10.9. The van der Waals surface area contributed by atoms with E-state index in [9.17, 15) is 4.79 Å². The van der Waals surface area contributed by atoms with Gasteiger partial charge < -0.3 is 9.47 Å². The van der Waals surface area contributed by atoms with Crippen molar-refractivity contribution in [2.75, 3.05) is 24.4 Å². The minimum Gasteiger partial charge on any atom is -0.497 e. The van der Waals surface area contributed by atoms with Gasteiger partial charge in [0.2, 0.25) is 5.06 Å². The lowest BCUT2D eigenvalue weighted by Gasteiger charge is -2.18. The van der Waals surface area contributed by atoms with Crippen LogP contribution in [0.3, 0.4) is 0 Å². The van der Waals surface area contributed by atoms with Crippen LogP contribution in [0.15, 0.2) is 54.7 Å². The molecule has 0 radical (unpaired) electrons. The van der Waals surface area contributed by atoms with Crippen LogP contribution in [0.1, 0.15) is 24.3 Å². The van der Waals surface area contributed by atoms with Crippen LogP contribution in [-0.4, -0.2) is 25.2 Å². The predicted octanol–water partition coefficient (Wildman–Crippen LogP) is 5.49. The SMILES string of the molecule is COc1ccc(Oc2cnc(NC(=O)N(C)c3cccc(C4CC4)c3)s2)cc1. The fourth-order valence-electron chi connectivity index (χ4n) is 2.82. The third-order valence-corrected chi connectivity index (χ3v) is 5.38. The summed E-state index contributed by atoms with van der Waals surface area (Å²) in [7, 11) is 3.37. The molecule has 28 heavy (non-hydrogen) atoms. The van der Waals surface area contributed by atoms with Crippen LogP contribution >= 0.6 is 11.3 Å². The van der Waals surface area contributed by atoms with Crippen LogP contribution in [0.25, 0.3) is 0 Å². The van der Waals surface area contributed by atoms with Gasteiger partial charge in [-0.1, -0.05) is 23.5 Å². The molecular weight excluding hydrogens is 374 g/mol. The molecular formula is C21H21N3O3S. The molecule has 0 atom stereocenters. The third kappa shape index (κ3) is 4.26. The molecule has 1 N–H and O–H groups in total. The molecule has 0 aliphatic heterocycles. The number of nitrogens with one attached hydrogen (secondary N) is 1. The molecule has 144 valence electrons. The van der Waals surface area contributed by atoms with Crippen molar-refractivity contribution in [2.45, 2.75) is 18.8 Å². The van der Waals surface area contributed by atoms with E-state index in [4.69, 9.17) is 9.47 Å². The van der Waals surface area contributed by atoms with Crippen molar-refractivity contribution in [3.63, 3.8) is 0 Å². The maximum absolute atomic E-state index is 12.6. The average Bonchev–Trinajstić information content (AvgIpc) is 3.49. The number of hydrogen-bond donors (Lipinski definition) is 1. The Morgan fingerprint density at radius 1 is 1.18 bits per heavy atom. The maximum Gasteiger partial charge on any atom is 0.327 e. The average molecular weight is 395 g/mol. The van der Waals surface area contributed by atoms with Gasteiger partial charge in [0.15, 0.2) is 5.13 Å². The van der Waals surface area contributed by atoms with Crippen molar-refractivity contribution in [1.82, 2.24) is 4.98 Å². The Bertz CT molecular complexity index is 967. The zero-order chi connectivity index (χ0) is 19.5. The summed E-state index contributed by atoms with van der Waals surface area (Å²) in [4.78, 5) is 18.4. The molecule has 7 heteroatoms. The monoisotopic (exact) mass is 395 g/mol. The number of aromatic nitrogens is 1.